The molecule has 2 aromatic heterocycles. The van der Waals surface area contributed by atoms with Crippen LogP contribution in [0, 0.1) is 0 Å². The molecule has 2 heterocycles. The van der Waals surface area contributed by atoms with Crippen LogP contribution >= 0.6 is 0 Å². The Morgan fingerprint density at radius 1 is 1.42 bits per heavy atom. The van der Waals surface area contributed by atoms with Gasteiger partial charge in [-0.15, -0.1) is 0 Å². The Hall–Kier alpha value is -2.44. The summed E-state index contributed by atoms with van der Waals surface area (Å²) in [6, 6.07) is 1.63. The standard InChI is InChI=1S/C12H14N4O3/c1-7(2)9-10(17)15-12(19)16(11(9)18)5-8-3-4-13-6-14-8/h3-4,6-7,18H,5H2,1-2H3,(H,15,17,19). The van der Waals surface area contributed by atoms with Crippen molar-refractivity contribution in [2.75, 3.05) is 0 Å². The van der Waals surface area contributed by atoms with Crippen LogP contribution in [0.2, 0.25) is 0 Å². The van der Waals surface area contributed by atoms with Gasteiger partial charge in [-0.1, -0.05) is 13.8 Å². The minimum Gasteiger partial charge on any atom is -0.494 e. The van der Waals surface area contributed by atoms with Crippen LogP contribution < -0.4 is 11.2 Å². The molecular formula is C12H14N4O3. The summed E-state index contributed by atoms with van der Waals surface area (Å²) in [7, 11) is 0. The number of hydrogen-bond donors (Lipinski definition) is 2. The average molecular weight is 262 g/mol. The van der Waals surface area contributed by atoms with E-state index in [2.05, 4.69) is 15.0 Å². The zero-order chi connectivity index (χ0) is 14.0. The van der Waals surface area contributed by atoms with Crippen LogP contribution in [0.3, 0.4) is 0 Å². The number of nitrogens with zero attached hydrogens (tertiary/aromatic N) is 3. The molecule has 0 radical (unpaired) electrons. The molecule has 0 saturated heterocycles. The minimum atomic E-state index is -0.662. The van der Waals surface area contributed by atoms with Gasteiger partial charge in [-0.3, -0.25) is 14.3 Å². The van der Waals surface area contributed by atoms with E-state index in [9.17, 15) is 14.7 Å². The lowest BCUT2D eigenvalue weighted by Crippen LogP contribution is -2.33. The molecule has 0 unspecified atom stereocenters. The largest absolute Gasteiger partial charge is 0.494 e. The fraction of sp³-hybridized carbons (Fsp3) is 0.333. The molecule has 2 aromatic rings. The van der Waals surface area contributed by atoms with Gasteiger partial charge in [-0.05, 0) is 12.0 Å². The Labute approximate surface area is 108 Å². The fourth-order valence-corrected chi connectivity index (χ4v) is 1.82. The highest BCUT2D eigenvalue weighted by atomic mass is 16.3. The van der Waals surface area contributed by atoms with Crippen molar-refractivity contribution in [1.82, 2.24) is 19.5 Å². The van der Waals surface area contributed by atoms with Crippen molar-refractivity contribution in [3.05, 3.63) is 50.7 Å². The van der Waals surface area contributed by atoms with Crippen LogP contribution in [-0.4, -0.2) is 24.6 Å². The molecule has 0 saturated carbocycles. The smallest absolute Gasteiger partial charge is 0.331 e. The zero-order valence-electron chi connectivity index (χ0n) is 10.6. The predicted octanol–water partition coefficient (Wildman–Crippen LogP) is 0.204. The van der Waals surface area contributed by atoms with Gasteiger partial charge in [-0.25, -0.2) is 14.8 Å². The highest BCUT2D eigenvalue weighted by Crippen LogP contribution is 2.19. The predicted molar refractivity (Wildman–Crippen MR) is 68.2 cm³/mol. The maximum absolute atomic E-state index is 11.7. The number of aromatic amines is 1. The highest BCUT2D eigenvalue weighted by molar-refractivity contribution is 5.26. The summed E-state index contributed by atoms with van der Waals surface area (Å²) in [6.07, 6.45) is 2.89. The van der Waals surface area contributed by atoms with Crippen LogP contribution in [0.1, 0.15) is 31.0 Å². The van der Waals surface area contributed by atoms with Gasteiger partial charge in [0.2, 0.25) is 5.88 Å². The SMILES string of the molecule is CC(C)c1c(O)n(Cc2ccncn2)c(=O)[nH]c1=O. The Bertz CT molecular complexity index is 688. The van der Waals surface area contributed by atoms with Gasteiger partial charge in [0.15, 0.2) is 0 Å². The van der Waals surface area contributed by atoms with Crippen molar-refractivity contribution in [3.8, 4) is 5.88 Å². The van der Waals surface area contributed by atoms with Gasteiger partial charge in [0.25, 0.3) is 5.56 Å². The number of aromatic nitrogens is 4. The van der Waals surface area contributed by atoms with Crippen LogP contribution in [0.15, 0.2) is 28.2 Å². The molecule has 2 rings (SSSR count). The van der Waals surface area contributed by atoms with Gasteiger partial charge in [0.1, 0.15) is 6.33 Å². The second-order valence-electron chi connectivity index (χ2n) is 4.44. The molecule has 7 nitrogen and oxygen atoms in total. The maximum Gasteiger partial charge on any atom is 0.331 e. The van der Waals surface area contributed by atoms with Gasteiger partial charge < -0.3 is 5.11 Å². The normalized spacial score (nSPS) is 10.9. The molecule has 7 heteroatoms. The van der Waals surface area contributed by atoms with Gasteiger partial charge in [0, 0.05) is 6.20 Å². The third-order valence-corrected chi connectivity index (χ3v) is 2.75. The molecule has 0 aromatic carbocycles. The number of H-pyrrole nitrogens is 1. The van der Waals surface area contributed by atoms with E-state index in [1.54, 1.807) is 26.1 Å². The first-order chi connectivity index (χ1) is 9.00. The van der Waals surface area contributed by atoms with Crippen LogP contribution in [0.25, 0.3) is 0 Å². The zero-order valence-corrected chi connectivity index (χ0v) is 10.6. The monoisotopic (exact) mass is 262 g/mol. The molecule has 0 amide bonds. The molecule has 100 valence electrons. The fourth-order valence-electron chi connectivity index (χ4n) is 1.82. The summed E-state index contributed by atoms with van der Waals surface area (Å²) in [5, 5.41) is 10.1. The van der Waals surface area contributed by atoms with Crippen molar-refractivity contribution < 1.29 is 5.11 Å². The van der Waals surface area contributed by atoms with E-state index in [1.165, 1.54) is 6.33 Å². The van der Waals surface area contributed by atoms with E-state index < -0.39 is 11.2 Å². The van der Waals surface area contributed by atoms with Crippen molar-refractivity contribution >= 4 is 0 Å². The molecule has 0 fully saturated rings. The van der Waals surface area contributed by atoms with E-state index in [0.717, 1.165) is 4.57 Å². The van der Waals surface area contributed by atoms with E-state index in [-0.39, 0.29) is 23.9 Å². The molecule has 0 aliphatic heterocycles. The Kier molecular flexibility index (Phi) is 3.46. The third-order valence-electron chi connectivity index (χ3n) is 2.75. The second kappa shape index (κ2) is 5.05. The first-order valence-corrected chi connectivity index (χ1v) is 5.81. The molecular weight excluding hydrogens is 248 g/mol. The van der Waals surface area contributed by atoms with Gasteiger partial charge >= 0.3 is 5.69 Å². The van der Waals surface area contributed by atoms with E-state index in [0.29, 0.717) is 5.69 Å². The van der Waals surface area contributed by atoms with Crippen molar-refractivity contribution in [3.63, 3.8) is 0 Å². The molecule has 19 heavy (non-hydrogen) atoms. The lowest BCUT2D eigenvalue weighted by molar-refractivity contribution is 0.397. The summed E-state index contributed by atoms with van der Waals surface area (Å²) in [5.41, 5.74) is -0.468. The van der Waals surface area contributed by atoms with Crippen LogP contribution in [0.5, 0.6) is 5.88 Å². The molecule has 0 aliphatic rings. The number of hydrogen-bond acceptors (Lipinski definition) is 5. The van der Waals surface area contributed by atoms with E-state index >= 15 is 0 Å². The summed E-state index contributed by atoms with van der Waals surface area (Å²) in [4.78, 5) is 33.3. The average Bonchev–Trinajstić information content (AvgIpc) is 2.35. The first kappa shape index (κ1) is 13.0. The molecule has 2 N–H and O–H groups in total. The first-order valence-electron chi connectivity index (χ1n) is 5.81. The highest BCUT2D eigenvalue weighted by Gasteiger charge is 2.17. The summed E-state index contributed by atoms with van der Waals surface area (Å²) >= 11 is 0. The number of aromatic hydroxyl groups is 1. The lowest BCUT2D eigenvalue weighted by atomic mass is 10.1. The Balaban J connectivity index is 2.55. The Morgan fingerprint density at radius 3 is 2.74 bits per heavy atom. The van der Waals surface area contributed by atoms with Crippen molar-refractivity contribution in [1.29, 1.82) is 0 Å². The summed E-state index contributed by atoms with van der Waals surface area (Å²) in [5.74, 6) is -0.511. The lowest BCUT2D eigenvalue weighted by Gasteiger charge is -2.12. The maximum atomic E-state index is 11.7. The van der Waals surface area contributed by atoms with Gasteiger partial charge in [0.05, 0.1) is 17.8 Å². The van der Waals surface area contributed by atoms with Crippen molar-refractivity contribution in [2.24, 2.45) is 0 Å². The van der Waals surface area contributed by atoms with Crippen molar-refractivity contribution in [2.45, 2.75) is 26.3 Å². The van der Waals surface area contributed by atoms with Crippen LogP contribution in [-0.2, 0) is 6.54 Å². The van der Waals surface area contributed by atoms with E-state index in [1.807, 2.05) is 0 Å². The molecule has 0 atom stereocenters. The quantitative estimate of drug-likeness (QED) is 0.823. The Morgan fingerprint density at radius 2 is 2.16 bits per heavy atom. The summed E-state index contributed by atoms with van der Waals surface area (Å²) in [6.45, 7) is 3.61. The van der Waals surface area contributed by atoms with Gasteiger partial charge in [-0.2, -0.15) is 0 Å². The third kappa shape index (κ3) is 2.54. The number of rotatable bonds is 3. The molecule has 0 aliphatic carbocycles. The summed E-state index contributed by atoms with van der Waals surface area (Å²) < 4.78 is 1.08. The number of nitrogens with one attached hydrogen (secondary N) is 1. The van der Waals surface area contributed by atoms with E-state index in [4.69, 9.17) is 0 Å². The second-order valence-corrected chi connectivity index (χ2v) is 4.44. The minimum absolute atomic E-state index is 0.0731. The van der Waals surface area contributed by atoms with Crippen LogP contribution in [0.4, 0.5) is 0 Å². The topological polar surface area (TPSA) is 101 Å². The molecule has 0 spiro atoms. The molecule has 0 bridgehead atoms.